The molecule has 1 aromatic carbocycles. The minimum atomic E-state index is -0.321. The van der Waals surface area contributed by atoms with Crippen molar-refractivity contribution in [1.82, 2.24) is 0 Å². The number of Topliss-reactive ketones (excluding diaryl/α,β-unsaturated/α-hetero) is 1. The average Bonchev–Trinajstić information content (AvgIpc) is 2.32. The first-order valence-electron chi connectivity index (χ1n) is 6.74. The van der Waals surface area contributed by atoms with E-state index in [9.17, 15) is 4.79 Å². The molecule has 18 heavy (non-hydrogen) atoms. The van der Waals surface area contributed by atoms with E-state index in [0.29, 0.717) is 0 Å². The molecule has 0 bridgehead atoms. The second-order valence-electron chi connectivity index (χ2n) is 5.12. The highest BCUT2D eigenvalue weighted by Gasteiger charge is 2.31. The first-order valence-corrected chi connectivity index (χ1v) is 6.74. The fraction of sp³-hybridized carbons (Fsp3) is 0.471. The number of allylic oxidation sites excluding steroid dienone is 2. The SMILES string of the molecule is CC=CC(CCC)(Cc1ccc(C)cc1)C(C)=O. The third-order valence-corrected chi connectivity index (χ3v) is 3.52. The maximum Gasteiger partial charge on any atom is 0.140 e. The van der Waals surface area contributed by atoms with Gasteiger partial charge >= 0.3 is 0 Å². The van der Waals surface area contributed by atoms with Crippen molar-refractivity contribution in [2.75, 3.05) is 0 Å². The van der Waals surface area contributed by atoms with Gasteiger partial charge in [-0.05, 0) is 39.2 Å². The van der Waals surface area contributed by atoms with Crippen LogP contribution in [-0.4, -0.2) is 5.78 Å². The molecule has 1 atom stereocenters. The molecule has 0 fully saturated rings. The lowest BCUT2D eigenvalue weighted by molar-refractivity contribution is -0.124. The zero-order valence-electron chi connectivity index (χ0n) is 12.0. The molecule has 0 heterocycles. The molecule has 0 aromatic heterocycles. The van der Waals surface area contributed by atoms with E-state index in [4.69, 9.17) is 0 Å². The van der Waals surface area contributed by atoms with E-state index in [1.165, 1.54) is 11.1 Å². The van der Waals surface area contributed by atoms with Gasteiger partial charge in [0.1, 0.15) is 5.78 Å². The Bertz CT molecular complexity index is 414. The van der Waals surface area contributed by atoms with Gasteiger partial charge < -0.3 is 0 Å². The second-order valence-corrected chi connectivity index (χ2v) is 5.12. The van der Waals surface area contributed by atoms with E-state index < -0.39 is 0 Å². The van der Waals surface area contributed by atoms with Crippen LogP contribution in [-0.2, 0) is 11.2 Å². The molecule has 0 aliphatic carbocycles. The van der Waals surface area contributed by atoms with Crippen LogP contribution in [0.25, 0.3) is 0 Å². The molecule has 0 aliphatic rings. The second kappa shape index (κ2) is 6.53. The Morgan fingerprint density at radius 1 is 1.28 bits per heavy atom. The Morgan fingerprint density at radius 2 is 1.89 bits per heavy atom. The number of carbonyl (C=O) groups excluding carboxylic acids is 1. The van der Waals surface area contributed by atoms with Crippen LogP contribution in [0.1, 0.15) is 44.7 Å². The van der Waals surface area contributed by atoms with Crippen LogP contribution in [0.2, 0.25) is 0 Å². The predicted octanol–water partition coefficient (Wildman–Crippen LogP) is 4.49. The Kier molecular flexibility index (Phi) is 5.33. The summed E-state index contributed by atoms with van der Waals surface area (Å²) < 4.78 is 0. The van der Waals surface area contributed by atoms with Crippen LogP contribution < -0.4 is 0 Å². The van der Waals surface area contributed by atoms with Gasteiger partial charge in [-0.25, -0.2) is 0 Å². The largest absolute Gasteiger partial charge is 0.299 e. The summed E-state index contributed by atoms with van der Waals surface area (Å²) in [6.07, 6.45) is 6.83. The first kappa shape index (κ1) is 14.7. The molecule has 0 amide bonds. The van der Waals surface area contributed by atoms with Crippen LogP contribution in [0.3, 0.4) is 0 Å². The highest BCUT2D eigenvalue weighted by atomic mass is 16.1. The van der Waals surface area contributed by atoms with Crippen LogP contribution in [0.5, 0.6) is 0 Å². The van der Waals surface area contributed by atoms with Crippen molar-refractivity contribution in [3.63, 3.8) is 0 Å². The Balaban J connectivity index is 3.03. The number of ketones is 1. The number of carbonyl (C=O) groups is 1. The zero-order chi connectivity index (χ0) is 13.6. The topological polar surface area (TPSA) is 17.1 Å². The molecule has 0 saturated carbocycles. The molecule has 1 nitrogen and oxygen atoms in total. The normalized spacial score (nSPS) is 14.7. The van der Waals surface area contributed by atoms with Gasteiger partial charge in [0.05, 0.1) is 5.41 Å². The van der Waals surface area contributed by atoms with Crippen molar-refractivity contribution < 1.29 is 4.79 Å². The van der Waals surface area contributed by atoms with Gasteiger partial charge in [0.2, 0.25) is 0 Å². The van der Waals surface area contributed by atoms with Crippen molar-refractivity contribution in [3.8, 4) is 0 Å². The Hall–Kier alpha value is -1.37. The summed E-state index contributed by atoms with van der Waals surface area (Å²) in [5, 5.41) is 0. The first-order chi connectivity index (χ1) is 8.54. The van der Waals surface area contributed by atoms with Crippen molar-refractivity contribution >= 4 is 5.78 Å². The van der Waals surface area contributed by atoms with Gasteiger partial charge in [-0.2, -0.15) is 0 Å². The van der Waals surface area contributed by atoms with Crippen molar-refractivity contribution in [3.05, 3.63) is 47.5 Å². The minimum Gasteiger partial charge on any atom is -0.299 e. The monoisotopic (exact) mass is 244 g/mol. The highest BCUT2D eigenvalue weighted by Crippen LogP contribution is 2.32. The fourth-order valence-corrected chi connectivity index (χ4v) is 2.48. The molecule has 98 valence electrons. The minimum absolute atomic E-state index is 0.267. The predicted molar refractivity (Wildman–Crippen MR) is 77.7 cm³/mol. The summed E-state index contributed by atoms with van der Waals surface area (Å²) in [7, 11) is 0. The van der Waals surface area contributed by atoms with E-state index in [2.05, 4.69) is 44.2 Å². The van der Waals surface area contributed by atoms with Gasteiger partial charge in [0, 0.05) is 0 Å². The molecule has 1 heteroatoms. The highest BCUT2D eigenvalue weighted by molar-refractivity contribution is 5.84. The van der Waals surface area contributed by atoms with E-state index >= 15 is 0 Å². The van der Waals surface area contributed by atoms with E-state index in [0.717, 1.165) is 19.3 Å². The Morgan fingerprint density at radius 3 is 2.33 bits per heavy atom. The molecule has 0 spiro atoms. The summed E-state index contributed by atoms with van der Waals surface area (Å²) in [6, 6.07) is 8.49. The molecular weight excluding hydrogens is 220 g/mol. The summed E-state index contributed by atoms with van der Waals surface area (Å²) in [5.74, 6) is 0.267. The summed E-state index contributed by atoms with van der Waals surface area (Å²) in [4.78, 5) is 12.1. The van der Waals surface area contributed by atoms with Crippen molar-refractivity contribution in [2.24, 2.45) is 5.41 Å². The molecule has 1 rings (SSSR count). The number of rotatable bonds is 6. The number of benzene rings is 1. The standard InChI is InChI=1S/C17H24O/c1-5-11-17(12-6-2,15(4)18)13-16-9-7-14(3)8-10-16/h5,7-11H,6,12-13H2,1-4H3. The van der Waals surface area contributed by atoms with E-state index in [1.54, 1.807) is 6.92 Å². The molecule has 0 N–H and O–H groups in total. The van der Waals surface area contributed by atoms with Gasteiger partial charge in [-0.15, -0.1) is 0 Å². The third-order valence-electron chi connectivity index (χ3n) is 3.52. The van der Waals surface area contributed by atoms with Crippen LogP contribution in [0.4, 0.5) is 0 Å². The number of hydrogen-bond donors (Lipinski definition) is 0. The molecule has 1 unspecified atom stereocenters. The molecule has 1 aromatic rings. The van der Waals surface area contributed by atoms with Crippen molar-refractivity contribution in [2.45, 2.75) is 47.0 Å². The van der Waals surface area contributed by atoms with E-state index in [-0.39, 0.29) is 11.2 Å². The van der Waals surface area contributed by atoms with Gasteiger partial charge in [-0.3, -0.25) is 4.79 Å². The van der Waals surface area contributed by atoms with Crippen molar-refractivity contribution in [1.29, 1.82) is 0 Å². The van der Waals surface area contributed by atoms with Gasteiger partial charge in [-0.1, -0.05) is 55.3 Å². The van der Waals surface area contributed by atoms with Crippen LogP contribution in [0.15, 0.2) is 36.4 Å². The smallest absolute Gasteiger partial charge is 0.140 e. The number of aryl methyl sites for hydroxylation is 1. The van der Waals surface area contributed by atoms with Gasteiger partial charge in [0.25, 0.3) is 0 Å². The summed E-state index contributed by atoms with van der Waals surface area (Å²) >= 11 is 0. The lowest BCUT2D eigenvalue weighted by Crippen LogP contribution is -2.29. The molecule has 0 saturated heterocycles. The Labute approximate surface area is 111 Å². The lowest BCUT2D eigenvalue weighted by atomic mass is 9.74. The fourth-order valence-electron chi connectivity index (χ4n) is 2.48. The lowest BCUT2D eigenvalue weighted by Gasteiger charge is -2.28. The van der Waals surface area contributed by atoms with Crippen LogP contribution >= 0.6 is 0 Å². The quantitative estimate of drug-likeness (QED) is 0.674. The average molecular weight is 244 g/mol. The molecule has 0 aliphatic heterocycles. The summed E-state index contributed by atoms with van der Waals surface area (Å²) in [5.41, 5.74) is 2.18. The zero-order valence-corrected chi connectivity index (χ0v) is 12.0. The van der Waals surface area contributed by atoms with E-state index in [1.807, 2.05) is 13.0 Å². The maximum absolute atomic E-state index is 12.1. The molecular formula is C17H24O. The third kappa shape index (κ3) is 3.56. The molecule has 0 radical (unpaired) electrons. The summed E-state index contributed by atoms with van der Waals surface area (Å²) in [6.45, 7) is 7.92. The van der Waals surface area contributed by atoms with Gasteiger partial charge in [0.15, 0.2) is 0 Å². The van der Waals surface area contributed by atoms with Crippen LogP contribution in [0, 0.1) is 12.3 Å². The maximum atomic E-state index is 12.1. The number of hydrogen-bond acceptors (Lipinski definition) is 1.